The number of benzene rings is 1. The van der Waals surface area contributed by atoms with E-state index in [2.05, 4.69) is 13.8 Å². The average molecular weight is 308 g/mol. The quantitative estimate of drug-likeness (QED) is 0.866. The van der Waals surface area contributed by atoms with Gasteiger partial charge in [0.2, 0.25) is 0 Å². The third kappa shape index (κ3) is 3.24. The summed E-state index contributed by atoms with van der Waals surface area (Å²) in [5.74, 6) is 0.297. The van der Waals surface area contributed by atoms with E-state index in [0.29, 0.717) is 11.6 Å². The molecule has 0 saturated carbocycles. The average Bonchev–Trinajstić information content (AvgIpc) is 2.53. The second-order valence-corrected chi connectivity index (χ2v) is 5.98. The maximum Gasteiger partial charge on any atom is 0.269 e. The van der Waals surface area contributed by atoms with Gasteiger partial charge in [0.15, 0.2) is 5.78 Å². The fraction of sp³-hybridized carbons (Fsp3) is 0.316. The van der Waals surface area contributed by atoms with Gasteiger partial charge >= 0.3 is 0 Å². The minimum Gasteiger partial charge on any atom is -0.298 e. The van der Waals surface area contributed by atoms with Crippen LogP contribution in [0.1, 0.15) is 50.8 Å². The lowest BCUT2D eigenvalue weighted by atomic mass is 10.00. The standard InChI is InChI=1S/C19H20N2O2/c1-12(2)15-5-7-16(8-6-15)18-10-9-17(11-20)19(23)21(18)13(3)14(4)22/h5-10,12-13H,1-4H3. The summed E-state index contributed by atoms with van der Waals surface area (Å²) in [4.78, 5) is 24.3. The maximum absolute atomic E-state index is 12.5. The second-order valence-electron chi connectivity index (χ2n) is 5.98. The van der Waals surface area contributed by atoms with E-state index in [1.54, 1.807) is 13.0 Å². The summed E-state index contributed by atoms with van der Waals surface area (Å²) >= 11 is 0. The number of hydrogen-bond donors (Lipinski definition) is 0. The van der Waals surface area contributed by atoms with Crippen LogP contribution in [-0.4, -0.2) is 10.4 Å². The van der Waals surface area contributed by atoms with Gasteiger partial charge in [-0.3, -0.25) is 14.2 Å². The minimum absolute atomic E-state index is 0.0423. The summed E-state index contributed by atoms with van der Waals surface area (Å²) in [7, 11) is 0. The third-order valence-electron chi connectivity index (χ3n) is 4.09. The summed E-state index contributed by atoms with van der Waals surface area (Å²) in [6, 6.07) is 12.4. The van der Waals surface area contributed by atoms with Crippen LogP contribution >= 0.6 is 0 Å². The number of nitrogens with zero attached hydrogens (tertiary/aromatic N) is 2. The van der Waals surface area contributed by atoms with E-state index < -0.39 is 11.6 Å². The van der Waals surface area contributed by atoms with E-state index in [-0.39, 0.29) is 11.3 Å². The molecule has 1 heterocycles. The third-order valence-corrected chi connectivity index (χ3v) is 4.09. The Kier molecular flexibility index (Phi) is 4.80. The summed E-state index contributed by atoms with van der Waals surface area (Å²) in [6.45, 7) is 7.35. The van der Waals surface area contributed by atoms with E-state index in [9.17, 15) is 9.59 Å². The number of nitriles is 1. The second kappa shape index (κ2) is 6.62. The Bertz CT molecular complexity index is 824. The lowest BCUT2D eigenvalue weighted by Crippen LogP contribution is -2.30. The number of carbonyl (C=O) groups is 1. The van der Waals surface area contributed by atoms with Gasteiger partial charge in [-0.2, -0.15) is 5.26 Å². The highest BCUT2D eigenvalue weighted by atomic mass is 16.1. The molecule has 4 heteroatoms. The predicted molar refractivity (Wildman–Crippen MR) is 90.3 cm³/mol. The number of carbonyl (C=O) groups excluding carboxylic acids is 1. The molecule has 118 valence electrons. The van der Waals surface area contributed by atoms with Crippen LogP contribution in [-0.2, 0) is 4.79 Å². The Morgan fingerprint density at radius 2 is 1.70 bits per heavy atom. The van der Waals surface area contributed by atoms with Crippen molar-refractivity contribution >= 4 is 5.78 Å². The van der Waals surface area contributed by atoms with Crippen LogP contribution < -0.4 is 5.56 Å². The van der Waals surface area contributed by atoms with E-state index in [1.165, 1.54) is 23.1 Å². The number of pyridine rings is 1. The van der Waals surface area contributed by atoms with Gasteiger partial charge in [0.1, 0.15) is 11.6 Å². The molecule has 0 N–H and O–H groups in total. The minimum atomic E-state index is -0.615. The van der Waals surface area contributed by atoms with Gasteiger partial charge in [0.25, 0.3) is 5.56 Å². The highest BCUT2D eigenvalue weighted by Crippen LogP contribution is 2.24. The van der Waals surface area contributed by atoms with Crippen LogP contribution in [0.25, 0.3) is 11.3 Å². The fourth-order valence-corrected chi connectivity index (χ4v) is 2.48. The van der Waals surface area contributed by atoms with Gasteiger partial charge in [-0.1, -0.05) is 38.1 Å². The monoisotopic (exact) mass is 308 g/mol. The Balaban J connectivity index is 2.67. The zero-order valence-corrected chi connectivity index (χ0v) is 13.8. The number of aromatic nitrogens is 1. The molecule has 2 rings (SSSR count). The normalized spacial score (nSPS) is 12.0. The van der Waals surface area contributed by atoms with Crippen molar-refractivity contribution in [2.45, 2.75) is 39.7 Å². The van der Waals surface area contributed by atoms with Crippen molar-refractivity contribution in [3.8, 4) is 17.3 Å². The summed E-state index contributed by atoms with van der Waals surface area (Å²) in [5.41, 5.74) is 2.31. The zero-order valence-electron chi connectivity index (χ0n) is 13.8. The highest BCUT2D eigenvalue weighted by Gasteiger charge is 2.18. The molecule has 2 aromatic rings. The maximum atomic E-state index is 12.5. The van der Waals surface area contributed by atoms with Gasteiger partial charge in [0.05, 0.1) is 11.7 Å². The van der Waals surface area contributed by atoms with E-state index >= 15 is 0 Å². The first-order valence-electron chi connectivity index (χ1n) is 7.63. The van der Waals surface area contributed by atoms with Crippen LogP contribution in [0.3, 0.4) is 0 Å². The van der Waals surface area contributed by atoms with Gasteiger partial charge < -0.3 is 0 Å². The van der Waals surface area contributed by atoms with Crippen molar-refractivity contribution in [3.05, 3.63) is 57.9 Å². The van der Waals surface area contributed by atoms with Crippen molar-refractivity contribution in [3.63, 3.8) is 0 Å². The molecular formula is C19H20N2O2. The predicted octanol–water partition coefficient (Wildman–Crippen LogP) is 3.66. The first-order valence-corrected chi connectivity index (χ1v) is 7.63. The number of rotatable bonds is 4. The Morgan fingerprint density at radius 1 is 1.09 bits per heavy atom. The summed E-state index contributed by atoms with van der Waals surface area (Å²) < 4.78 is 1.41. The lowest BCUT2D eigenvalue weighted by Gasteiger charge is -2.18. The molecule has 23 heavy (non-hydrogen) atoms. The van der Waals surface area contributed by atoms with Crippen LogP contribution in [0.5, 0.6) is 0 Å². The van der Waals surface area contributed by atoms with Crippen molar-refractivity contribution in [1.29, 1.82) is 5.26 Å². The summed E-state index contributed by atoms with van der Waals surface area (Å²) in [6.07, 6.45) is 0. The number of Topliss-reactive ketones (excluding diaryl/α,β-unsaturated/α-hetero) is 1. The van der Waals surface area contributed by atoms with Crippen molar-refractivity contribution in [2.24, 2.45) is 0 Å². The lowest BCUT2D eigenvalue weighted by molar-refractivity contribution is -0.119. The van der Waals surface area contributed by atoms with E-state index in [0.717, 1.165) is 5.56 Å². The Morgan fingerprint density at radius 3 is 2.17 bits per heavy atom. The Hall–Kier alpha value is -2.67. The first kappa shape index (κ1) is 16.7. The number of ketones is 1. The molecular weight excluding hydrogens is 288 g/mol. The van der Waals surface area contributed by atoms with Crippen LogP contribution in [0.2, 0.25) is 0 Å². The molecule has 0 aliphatic heterocycles. The molecule has 0 aliphatic carbocycles. The molecule has 0 amide bonds. The van der Waals surface area contributed by atoms with E-state index in [4.69, 9.17) is 5.26 Å². The molecule has 0 fully saturated rings. The first-order chi connectivity index (χ1) is 10.9. The molecule has 0 spiro atoms. The van der Waals surface area contributed by atoms with Gasteiger partial charge in [-0.05, 0) is 43.0 Å². The van der Waals surface area contributed by atoms with Crippen molar-refractivity contribution < 1.29 is 4.79 Å². The highest BCUT2D eigenvalue weighted by molar-refractivity contribution is 5.80. The molecule has 1 atom stereocenters. The fourth-order valence-electron chi connectivity index (χ4n) is 2.48. The molecule has 1 aromatic carbocycles. The SMILES string of the molecule is CC(=O)C(C)n1c(-c2ccc(C(C)C)cc2)ccc(C#N)c1=O. The van der Waals surface area contributed by atoms with Crippen LogP contribution in [0.4, 0.5) is 0 Å². The molecule has 4 nitrogen and oxygen atoms in total. The van der Waals surface area contributed by atoms with Gasteiger partial charge in [-0.25, -0.2) is 0 Å². The van der Waals surface area contributed by atoms with E-state index in [1.807, 2.05) is 30.3 Å². The largest absolute Gasteiger partial charge is 0.298 e. The van der Waals surface area contributed by atoms with Crippen molar-refractivity contribution in [1.82, 2.24) is 4.57 Å². The molecule has 1 aromatic heterocycles. The van der Waals surface area contributed by atoms with Crippen molar-refractivity contribution in [2.75, 3.05) is 0 Å². The molecule has 0 radical (unpaired) electrons. The smallest absolute Gasteiger partial charge is 0.269 e. The topological polar surface area (TPSA) is 62.9 Å². The molecule has 0 saturated heterocycles. The van der Waals surface area contributed by atoms with Gasteiger partial charge in [-0.15, -0.1) is 0 Å². The van der Waals surface area contributed by atoms with Crippen LogP contribution in [0, 0.1) is 11.3 Å². The van der Waals surface area contributed by atoms with Gasteiger partial charge in [0, 0.05) is 0 Å². The molecule has 1 unspecified atom stereocenters. The summed E-state index contributed by atoms with van der Waals surface area (Å²) in [5, 5.41) is 9.07. The molecule has 0 aliphatic rings. The molecule has 0 bridgehead atoms. The number of hydrogen-bond acceptors (Lipinski definition) is 3. The Labute approximate surface area is 136 Å². The van der Waals surface area contributed by atoms with Crippen LogP contribution in [0.15, 0.2) is 41.2 Å². The zero-order chi connectivity index (χ0) is 17.1.